The maximum absolute atomic E-state index is 10.1. The Bertz CT molecular complexity index is 6860. The SMILES string of the molecule is [2H]c1c([2H])c([2H])c2c(c1[2H])c1c([2H])c([2H])c([2H])c([2H])c1n2-c1cc2c3c(c1)N(c1c(-c4ccccc4)c4ccccc4c4ccccc14)c1cc4c5ccccc5n(-c5ccccc5)c4cc1B3c1cc3sc4ccccc4c3cc1N2c1c(-c2ccccc2)c2ccccc2c2ccccc12. The van der Waals surface area contributed by atoms with Gasteiger partial charge in [-0.15, -0.1) is 11.3 Å². The van der Waals surface area contributed by atoms with E-state index in [1.807, 2.05) is 0 Å². The van der Waals surface area contributed by atoms with Crippen LogP contribution in [-0.2, 0) is 0 Å². The minimum absolute atomic E-state index is 0.000606. The number of aromatic nitrogens is 2. The predicted octanol–water partition coefficient (Wildman–Crippen LogP) is 22.3. The molecule has 0 amide bonds. The van der Waals surface area contributed by atoms with Crippen LogP contribution < -0.4 is 26.2 Å². The molecule has 0 N–H and O–H groups in total. The van der Waals surface area contributed by atoms with E-state index in [9.17, 15) is 11.0 Å². The molecule has 0 aliphatic carbocycles. The van der Waals surface area contributed by atoms with Crippen LogP contribution in [0.15, 0.2) is 321 Å². The summed E-state index contributed by atoms with van der Waals surface area (Å²) in [7, 11) is 0. The number of benzene rings is 16. The van der Waals surface area contributed by atoms with Crippen molar-refractivity contribution in [3.05, 3.63) is 321 Å². The van der Waals surface area contributed by atoms with Gasteiger partial charge in [-0.25, -0.2) is 0 Å². The van der Waals surface area contributed by atoms with Crippen LogP contribution in [-0.4, -0.2) is 15.8 Å². The van der Waals surface area contributed by atoms with Crippen LogP contribution in [0.3, 0.4) is 0 Å². The number of nitrogens with zero attached hydrogens (tertiary/aromatic N) is 4. The quantitative estimate of drug-likeness (QED) is 0.122. The van der Waals surface area contributed by atoms with E-state index in [0.29, 0.717) is 5.69 Å². The summed E-state index contributed by atoms with van der Waals surface area (Å²) in [6.07, 6.45) is 0. The van der Waals surface area contributed by atoms with Gasteiger partial charge in [-0.3, -0.25) is 0 Å². The Balaban J connectivity index is 1.04. The Kier molecular flexibility index (Phi) is 9.36. The van der Waals surface area contributed by atoms with Gasteiger partial charge in [0.2, 0.25) is 0 Å². The highest BCUT2D eigenvalue weighted by Crippen LogP contribution is 2.56. The lowest BCUT2D eigenvalue weighted by molar-refractivity contribution is 1.16. The zero-order valence-corrected chi connectivity index (χ0v) is 51.1. The summed E-state index contributed by atoms with van der Waals surface area (Å²) in [6.45, 7) is -0.519. The van der Waals surface area contributed by atoms with Gasteiger partial charge in [-0.2, -0.15) is 0 Å². The van der Waals surface area contributed by atoms with E-state index in [-0.39, 0.29) is 33.9 Å². The smallest absolute Gasteiger partial charge is 0.252 e. The molecule has 2 aliphatic heterocycles. The van der Waals surface area contributed by atoms with Gasteiger partial charge in [0.05, 0.1) is 50.1 Å². The largest absolute Gasteiger partial charge is 0.310 e. The molecule has 0 unspecified atom stereocenters. The van der Waals surface area contributed by atoms with Gasteiger partial charge in [0.1, 0.15) is 0 Å². The van der Waals surface area contributed by atoms with Gasteiger partial charge in [0.15, 0.2) is 0 Å². The normalized spacial score (nSPS) is 14.0. The van der Waals surface area contributed by atoms with Gasteiger partial charge in [0, 0.05) is 92.1 Å². The average Bonchev–Trinajstić information content (AvgIpc) is 1.02. The molecule has 21 rings (SSSR count). The number of fused-ring (bicyclic) bond motifs is 19. The fourth-order valence-corrected chi connectivity index (χ4v) is 17.4. The van der Waals surface area contributed by atoms with Gasteiger partial charge in [-0.1, -0.05) is 249 Å². The summed E-state index contributed by atoms with van der Waals surface area (Å²) < 4.78 is 83.8. The van der Waals surface area contributed by atoms with Crippen LogP contribution in [0.1, 0.15) is 11.0 Å². The van der Waals surface area contributed by atoms with E-state index in [4.69, 9.17) is 0 Å². The second kappa shape index (κ2) is 19.8. The Hall–Kier alpha value is -12.0. The number of thiophene rings is 1. The molecule has 0 saturated carbocycles. The third kappa shape index (κ3) is 7.17. The first kappa shape index (κ1) is 44.5. The third-order valence-electron chi connectivity index (χ3n) is 20.0. The van der Waals surface area contributed by atoms with Crippen LogP contribution in [0.5, 0.6) is 0 Å². The second-order valence-electron chi connectivity index (χ2n) is 24.8. The number of anilines is 6. The van der Waals surface area contributed by atoms with Crippen molar-refractivity contribution >= 4 is 175 Å². The fourth-order valence-electron chi connectivity index (χ4n) is 16.3. The van der Waals surface area contributed by atoms with Crippen molar-refractivity contribution in [2.45, 2.75) is 0 Å². The molecule has 0 fully saturated rings. The third-order valence-corrected chi connectivity index (χ3v) is 21.2. The molecule has 434 valence electrons. The molecule has 4 nitrogen and oxygen atoms in total. The number of hydrogen-bond acceptors (Lipinski definition) is 3. The molecule has 0 radical (unpaired) electrons. The Morgan fingerprint density at radius 2 is 0.702 bits per heavy atom. The first-order chi connectivity index (χ1) is 50.0. The highest BCUT2D eigenvalue weighted by atomic mass is 32.1. The lowest BCUT2D eigenvalue weighted by atomic mass is 9.33. The van der Waals surface area contributed by atoms with E-state index in [2.05, 4.69) is 287 Å². The van der Waals surface area contributed by atoms with E-state index in [1.54, 1.807) is 15.9 Å². The van der Waals surface area contributed by atoms with Crippen molar-refractivity contribution in [2.75, 3.05) is 9.80 Å². The van der Waals surface area contributed by atoms with Crippen molar-refractivity contribution < 1.29 is 11.0 Å². The standard InChI is InChI=1S/C88H53BN4S/c1-4-26-54(27-5-1)84-66-40-14-10-32-58(66)60-34-12-16-42-68(60)87(84)92-78-50-70-64-38-20-24-46-76(64)90(56-30-8-3-9-31-56)77(70)52-72(78)89-73-53-83-71(65-39-21-25-47-82(65)94-83)51-79(73)93(88-69-43-17-13-35-61(69)59-33-11-15-41-67(59)85(88)55-28-6-2-7-29-55)81-49-57(48-80(92)86(81)89)91-74-44-22-18-36-62(74)63-37-19-23-45-75(63)91/h1-53H/i18D,19D,22D,23D,36D,37D,44D,45D. The van der Waals surface area contributed by atoms with Crippen LogP contribution >= 0.6 is 11.3 Å². The molecular weight excluding hydrogens is 1160 g/mol. The van der Waals surface area contributed by atoms with Crippen molar-refractivity contribution in [3.63, 3.8) is 0 Å². The van der Waals surface area contributed by atoms with E-state index in [1.165, 1.54) is 0 Å². The number of rotatable bonds is 6. The Labute approximate surface area is 557 Å². The van der Waals surface area contributed by atoms with Gasteiger partial charge < -0.3 is 18.9 Å². The topological polar surface area (TPSA) is 16.3 Å². The summed E-state index contributed by atoms with van der Waals surface area (Å²) in [6, 6.07) is 94.4. The molecule has 0 spiro atoms. The molecule has 3 aromatic heterocycles. The minimum atomic E-state index is -0.519. The van der Waals surface area contributed by atoms with E-state index in [0.717, 1.165) is 164 Å². The predicted molar refractivity (Wildman–Crippen MR) is 403 cm³/mol. The van der Waals surface area contributed by atoms with Crippen molar-refractivity contribution in [1.29, 1.82) is 0 Å². The molecule has 0 atom stereocenters. The molecule has 16 aromatic carbocycles. The summed E-state index contributed by atoms with van der Waals surface area (Å²) in [4.78, 5) is 4.96. The lowest BCUT2D eigenvalue weighted by Crippen LogP contribution is -2.61. The molecule has 2 aliphatic rings. The van der Waals surface area contributed by atoms with E-state index >= 15 is 0 Å². The molecular formula is C88H53BN4S. The van der Waals surface area contributed by atoms with Crippen LogP contribution in [0.4, 0.5) is 34.1 Å². The van der Waals surface area contributed by atoms with Crippen LogP contribution in [0, 0.1) is 0 Å². The van der Waals surface area contributed by atoms with E-state index < -0.39 is 43.0 Å². The van der Waals surface area contributed by atoms with Crippen molar-refractivity contribution in [2.24, 2.45) is 0 Å². The van der Waals surface area contributed by atoms with Gasteiger partial charge >= 0.3 is 0 Å². The summed E-state index contributed by atoms with van der Waals surface area (Å²) in [5.74, 6) is 0. The van der Waals surface area contributed by atoms with Gasteiger partial charge in [-0.05, 0) is 133 Å². The molecule has 6 heteroatoms. The summed E-state index contributed by atoms with van der Waals surface area (Å²) in [5.41, 5.74) is 15.8. The summed E-state index contributed by atoms with van der Waals surface area (Å²) in [5, 5.41) is 12.6. The molecule has 5 heterocycles. The maximum atomic E-state index is 10.1. The monoisotopic (exact) mass is 1220 g/mol. The van der Waals surface area contributed by atoms with Crippen LogP contribution in [0.25, 0.3) is 141 Å². The maximum Gasteiger partial charge on any atom is 0.252 e. The molecule has 0 bridgehead atoms. The number of para-hydroxylation sites is 4. The highest BCUT2D eigenvalue weighted by Gasteiger charge is 2.46. The molecule has 94 heavy (non-hydrogen) atoms. The zero-order valence-electron chi connectivity index (χ0n) is 58.3. The number of hydrogen-bond donors (Lipinski definition) is 0. The molecule has 19 aromatic rings. The Morgan fingerprint density at radius 1 is 0.277 bits per heavy atom. The zero-order chi connectivity index (χ0) is 68.2. The van der Waals surface area contributed by atoms with Crippen LogP contribution in [0.2, 0.25) is 0 Å². The fraction of sp³-hybridized carbons (Fsp3) is 0. The first-order valence-electron chi connectivity index (χ1n) is 35.9. The van der Waals surface area contributed by atoms with Crippen molar-refractivity contribution in [1.82, 2.24) is 9.13 Å². The van der Waals surface area contributed by atoms with Crippen molar-refractivity contribution in [3.8, 4) is 33.6 Å². The lowest BCUT2D eigenvalue weighted by Gasteiger charge is -2.46. The highest BCUT2D eigenvalue weighted by molar-refractivity contribution is 7.26. The minimum Gasteiger partial charge on any atom is -0.310 e. The first-order valence-corrected chi connectivity index (χ1v) is 32.7. The summed E-state index contributed by atoms with van der Waals surface area (Å²) >= 11 is 1.79. The second-order valence-corrected chi connectivity index (χ2v) is 25.9. The average molecular weight is 1220 g/mol. The Morgan fingerprint density at radius 3 is 1.27 bits per heavy atom. The van der Waals surface area contributed by atoms with Gasteiger partial charge in [0.25, 0.3) is 6.71 Å². The molecule has 0 saturated heterocycles.